The minimum atomic E-state index is -0.497. The molecule has 0 saturated heterocycles. The molecule has 0 N–H and O–H groups in total. The number of carbonyl (C=O) groups excluding carboxylic acids is 1. The van der Waals surface area contributed by atoms with E-state index in [-0.39, 0.29) is 18.0 Å². The van der Waals surface area contributed by atoms with Crippen LogP contribution in [-0.2, 0) is 13.1 Å². The van der Waals surface area contributed by atoms with Crippen molar-refractivity contribution >= 4 is 5.91 Å². The minimum absolute atomic E-state index is 0.165. The number of halogens is 1. The zero-order chi connectivity index (χ0) is 17.6. The van der Waals surface area contributed by atoms with Crippen LogP contribution in [0.4, 0.5) is 4.39 Å². The van der Waals surface area contributed by atoms with Gasteiger partial charge < -0.3 is 14.1 Å². The van der Waals surface area contributed by atoms with Gasteiger partial charge in [0.15, 0.2) is 0 Å². The number of aromatic nitrogens is 1. The molecule has 2 aromatic heterocycles. The Balaban J connectivity index is 1.92. The van der Waals surface area contributed by atoms with E-state index in [9.17, 15) is 9.18 Å². The zero-order valence-electron chi connectivity index (χ0n) is 13.7. The molecule has 0 spiro atoms. The maximum absolute atomic E-state index is 13.7. The molecule has 3 aromatic rings. The molecule has 2 heterocycles. The first-order valence-corrected chi connectivity index (χ1v) is 7.71. The molecule has 0 atom stereocenters. The summed E-state index contributed by atoms with van der Waals surface area (Å²) in [4.78, 5) is 18.7. The molecule has 25 heavy (non-hydrogen) atoms. The molecule has 6 heteroatoms. The molecular weight excluding hydrogens is 323 g/mol. The van der Waals surface area contributed by atoms with E-state index in [4.69, 9.17) is 9.15 Å². The Morgan fingerprint density at radius 3 is 2.80 bits per heavy atom. The Morgan fingerprint density at radius 1 is 1.24 bits per heavy atom. The van der Waals surface area contributed by atoms with Crippen LogP contribution >= 0.6 is 0 Å². The van der Waals surface area contributed by atoms with Crippen LogP contribution in [0.25, 0.3) is 0 Å². The van der Waals surface area contributed by atoms with Crippen LogP contribution in [0.3, 0.4) is 0 Å². The van der Waals surface area contributed by atoms with Crippen LogP contribution in [0.2, 0.25) is 0 Å². The summed E-state index contributed by atoms with van der Waals surface area (Å²) >= 11 is 0. The summed E-state index contributed by atoms with van der Waals surface area (Å²) < 4.78 is 24.2. The van der Waals surface area contributed by atoms with Crippen LogP contribution in [0.5, 0.6) is 5.75 Å². The van der Waals surface area contributed by atoms with Gasteiger partial charge in [-0.1, -0.05) is 6.07 Å². The third kappa shape index (κ3) is 4.03. The second-order valence-electron chi connectivity index (χ2n) is 5.45. The van der Waals surface area contributed by atoms with Crippen molar-refractivity contribution in [2.45, 2.75) is 13.1 Å². The van der Waals surface area contributed by atoms with Gasteiger partial charge in [0.25, 0.3) is 5.91 Å². The lowest BCUT2D eigenvalue weighted by Crippen LogP contribution is -2.30. The van der Waals surface area contributed by atoms with Crippen LogP contribution in [0, 0.1) is 5.82 Å². The molecule has 128 valence electrons. The zero-order valence-corrected chi connectivity index (χ0v) is 13.7. The lowest BCUT2D eigenvalue weighted by Gasteiger charge is -2.23. The molecule has 0 fully saturated rings. The van der Waals surface area contributed by atoms with E-state index in [0.717, 1.165) is 5.56 Å². The Kier molecular flexibility index (Phi) is 5.09. The fourth-order valence-corrected chi connectivity index (χ4v) is 2.52. The SMILES string of the molecule is COc1ccc(F)cc1C(=O)N(Cc1cccnc1)Cc1ccco1. The van der Waals surface area contributed by atoms with Crippen molar-refractivity contribution in [1.29, 1.82) is 0 Å². The van der Waals surface area contributed by atoms with Gasteiger partial charge in [0, 0.05) is 18.9 Å². The molecule has 0 radical (unpaired) electrons. The van der Waals surface area contributed by atoms with Crippen LogP contribution in [0.1, 0.15) is 21.7 Å². The summed E-state index contributed by atoms with van der Waals surface area (Å²) in [6.07, 6.45) is 4.90. The number of nitrogens with zero attached hydrogens (tertiary/aromatic N) is 2. The van der Waals surface area contributed by atoms with Gasteiger partial charge >= 0.3 is 0 Å². The highest BCUT2D eigenvalue weighted by Crippen LogP contribution is 2.23. The molecular formula is C19H17FN2O3. The normalized spacial score (nSPS) is 10.5. The monoisotopic (exact) mass is 340 g/mol. The second-order valence-corrected chi connectivity index (χ2v) is 5.45. The molecule has 0 aliphatic heterocycles. The first-order valence-electron chi connectivity index (χ1n) is 7.71. The molecule has 1 amide bonds. The van der Waals surface area contributed by atoms with Gasteiger partial charge in [-0.05, 0) is 42.0 Å². The second kappa shape index (κ2) is 7.61. The summed E-state index contributed by atoms with van der Waals surface area (Å²) in [7, 11) is 1.45. The first-order chi connectivity index (χ1) is 12.2. The average molecular weight is 340 g/mol. The van der Waals surface area contributed by atoms with Crippen molar-refractivity contribution in [2.24, 2.45) is 0 Å². The van der Waals surface area contributed by atoms with Gasteiger partial charge in [-0.15, -0.1) is 0 Å². The van der Waals surface area contributed by atoms with E-state index in [0.29, 0.717) is 18.1 Å². The van der Waals surface area contributed by atoms with Crippen molar-refractivity contribution in [3.8, 4) is 5.75 Å². The van der Waals surface area contributed by atoms with Crippen molar-refractivity contribution in [2.75, 3.05) is 7.11 Å². The van der Waals surface area contributed by atoms with Crippen LogP contribution in [-0.4, -0.2) is 22.9 Å². The highest BCUT2D eigenvalue weighted by Gasteiger charge is 2.22. The van der Waals surface area contributed by atoms with Gasteiger partial charge in [0.2, 0.25) is 0 Å². The van der Waals surface area contributed by atoms with Gasteiger partial charge in [0.05, 0.1) is 25.5 Å². The van der Waals surface area contributed by atoms with E-state index < -0.39 is 5.82 Å². The largest absolute Gasteiger partial charge is 0.496 e. The molecule has 0 bridgehead atoms. The van der Waals surface area contributed by atoms with E-state index in [1.54, 1.807) is 41.8 Å². The van der Waals surface area contributed by atoms with Gasteiger partial charge in [-0.2, -0.15) is 0 Å². The maximum Gasteiger partial charge on any atom is 0.258 e. The summed E-state index contributed by atoms with van der Waals surface area (Å²) in [5.74, 6) is 0.106. The van der Waals surface area contributed by atoms with Crippen molar-refractivity contribution < 1.29 is 18.3 Å². The third-order valence-electron chi connectivity index (χ3n) is 3.70. The molecule has 0 aliphatic rings. The number of methoxy groups -OCH3 is 1. The van der Waals surface area contributed by atoms with E-state index in [1.807, 2.05) is 6.07 Å². The number of rotatable bonds is 6. The Labute approximate surface area is 144 Å². The number of hydrogen-bond acceptors (Lipinski definition) is 4. The van der Waals surface area contributed by atoms with Gasteiger partial charge in [-0.25, -0.2) is 4.39 Å². The van der Waals surface area contributed by atoms with E-state index in [2.05, 4.69) is 4.98 Å². The summed E-state index contributed by atoms with van der Waals surface area (Å²) in [6, 6.07) is 11.1. The number of furan rings is 1. The number of pyridine rings is 1. The lowest BCUT2D eigenvalue weighted by atomic mass is 10.1. The highest BCUT2D eigenvalue weighted by atomic mass is 19.1. The number of benzene rings is 1. The van der Waals surface area contributed by atoms with Gasteiger partial charge in [-0.3, -0.25) is 9.78 Å². The van der Waals surface area contributed by atoms with Crippen molar-refractivity contribution in [1.82, 2.24) is 9.88 Å². The fraction of sp³-hybridized carbons (Fsp3) is 0.158. The van der Waals surface area contributed by atoms with E-state index >= 15 is 0 Å². The number of amides is 1. The minimum Gasteiger partial charge on any atom is -0.496 e. The smallest absolute Gasteiger partial charge is 0.258 e. The molecule has 0 saturated carbocycles. The molecule has 1 aromatic carbocycles. The summed E-state index contributed by atoms with van der Waals surface area (Å²) in [5.41, 5.74) is 1.02. The topological polar surface area (TPSA) is 55.6 Å². The quantitative estimate of drug-likeness (QED) is 0.687. The standard InChI is InChI=1S/C19H17FN2O3/c1-24-18-7-6-15(20)10-17(18)19(23)22(13-16-5-3-9-25-16)12-14-4-2-8-21-11-14/h2-11H,12-13H2,1H3. The molecule has 0 aliphatic carbocycles. The highest BCUT2D eigenvalue weighted by molar-refractivity contribution is 5.96. The Hall–Kier alpha value is -3.15. The number of hydrogen-bond donors (Lipinski definition) is 0. The molecule has 3 rings (SSSR count). The first kappa shape index (κ1) is 16.7. The van der Waals surface area contributed by atoms with Crippen molar-refractivity contribution in [3.05, 3.63) is 83.8 Å². The fourth-order valence-electron chi connectivity index (χ4n) is 2.52. The Bertz CT molecular complexity index is 835. The molecule has 5 nitrogen and oxygen atoms in total. The van der Waals surface area contributed by atoms with Crippen LogP contribution < -0.4 is 4.74 Å². The third-order valence-corrected chi connectivity index (χ3v) is 3.70. The van der Waals surface area contributed by atoms with Crippen molar-refractivity contribution in [3.63, 3.8) is 0 Å². The summed E-state index contributed by atoms with van der Waals surface area (Å²) in [6.45, 7) is 0.563. The van der Waals surface area contributed by atoms with Gasteiger partial charge in [0.1, 0.15) is 17.3 Å². The molecule has 0 unspecified atom stereocenters. The lowest BCUT2D eigenvalue weighted by molar-refractivity contribution is 0.0713. The average Bonchev–Trinajstić information content (AvgIpc) is 3.14. The maximum atomic E-state index is 13.7. The number of ether oxygens (including phenoxy) is 1. The van der Waals surface area contributed by atoms with Crippen LogP contribution in [0.15, 0.2) is 65.5 Å². The predicted molar refractivity (Wildman–Crippen MR) is 89.5 cm³/mol. The Morgan fingerprint density at radius 2 is 2.12 bits per heavy atom. The van der Waals surface area contributed by atoms with E-state index in [1.165, 1.54) is 25.3 Å². The summed E-state index contributed by atoms with van der Waals surface area (Å²) in [5, 5.41) is 0. The predicted octanol–water partition coefficient (Wildman–Crippen LogP) is 3.66. The number of carbonyl (C=O) groups is 1.